The molecule has 0 aliphatic carbocycles. The average Bonchev–Trinajstić information content (AvgIpc) is 2.83. The summed E-state index contributed by atoms with van der Waals surface area (Å²) in [5.41, 5.74) is 1.11. The molecule has 1 heterocycles. The molecule has 0 unspecified atom stereocenters. The van der Waals surface area contributed by atoms with Gasteiger partial charge in [-0.3, -0.25) is 4.99 Å². The highest BCUT2D eigenvalue weighted by atomic mass is 32.1. The molecule has 2 nitrogen and oxygen atoms in total. The molecule has 0 amide bonds. The SMILES string of the molecule is COc1ccccc1C/N=C\c1cccs1. The Labute approximate surface area is 99.2 Å². The maximum absolute atomic E-state index is 5.26. The highest BCUT2D eigenvalue weighted by Crippen LogP contribution is 2.18. The molecule has 0 fully saturated rings. The first-order chi connectivity index (χ1) is 7.90. The molecule has 0 saturated heterocycles. The van der Waals surface area contributed by atoms with E-state index in [2.05, 4.69) is 11.1 Å². The number of thiophene rings is 1. The molecule has 1 aromatic carbocycles. The average molecular weight is 231 g/mol. The van der Waals surface area contributed by atoms with Gasteiger partial charge in [-0.15, -0.1) is 11.3 Å². The summed E-state index contributed by atoms with van der Waals surface area (Å²) in [7, 11) is 1.68. The maximum Gasteiger partial charge on any atom is 0.123 e. The van der Waals surface area contributed by atoms with E-state index in [-0.39, 0.29) is 0 Å². The predicted octanol–water partition coefficient (Wildman–Crippen LogP) is 3.38. The van der Waals surface area contributed by atoms with Crippen molar-refractivity contribution in [2.75, 3.05) is 7.11 Å². The molecule has 0 radical (unpaired) electrons. The van der Waals surface area contributed by atoms with Crippen LogP contribution in [-0.4, -0.2) is 13.3 Å². The quantitative estimate of drug-likeness (QED) is 0.739. The number of benzene rings is 1. The van der Waals surface area contributed by atoms with Crippen LogP contribution in [0.4, 0.5) is 0 Å². The van der Waals surface area contributed by atoms with Crippen molar-refractivity contribution in [1.29, 1.82) is 0 Å². The van der Waals surface area contributed by atoms with Crippen LogP contribution < -0.4 is 4.74 Å². The molecule has 0 saturated carbocycles. The van der Waals surface area contributed by atoms with Crippen molar-refractivity contribution in [3.05, 3.63) is 52.2 Å². The summed E-state index contributed by atoms with van der Waals surface area (Å²) in [6.07, 6.45) is 1.90. The number of methoxy groups -OCH3 is 1. The van der Waals surface area contributed by atoms with Crippen molar-refractivity contribution < 1.29 is 4.74 Å². The Hall–Kier alpha value is -1.61. The van der Waals surface area contributed by atoms with E-state index in [0.29, 0.717) is 6.54 Å². The molecule has 0 bridgehead atoms. The monoisotopic (exact) mass is 231 g/mol. The van der Waals surface area contributed by atoms with Gasteiger partial charge >= 0.3 is 0 Å². The zero-order valence-corrected chi connectivity index (χ0v) is 9.91. The van der Waals surface area contributed by atoms with E-state index < -0.39 is 0 Å². The van der Waals surface area contributed by atoms with Gasteiger partial charge in [-0.05, 0) is 17.5 Å². The normalized spacial score (nSPS) is 10.8. The van der Waals surface area contributed by atoms with Crippen molar-refractivity contribution in [3.8, 4) is 5.75 Å². The van der Waals surface area contributed by atoms with Gasteiger partial charge in [-0.1, -0.05) is 24.3 Å². The zero-order valence-electron chi connectivity index (χ0n) is 9.09. The van der Waals surface area contributed by atoms with Crippen LogP contribution in [0.15, 0.2) is 46.8 Å². The number of para-hydroxylation sites is 1. The van der Waals surface area contributed by atoms with Gasteiger partial charge in [0.05, 0.1) is 13.7 Å². The molecule has 2 rings (SSSR count). The van der Waals surface area contributed by atoms with Crippen molar-refractivity contribution in [2.45, 2.75) is 6.54 Å². The number of aliphatic imine (C=N–C) groups is 1. The van der Waals surface area contributed by atoms with Crippen LogP contribution in [0.3, 0.4) is 0 Å². The Kier molecular flexibility index (Phi) is 3.72. The molecular formula is C13H13NOS. The lowest BCUT2D eigenvalue weighted by Gasteiger charge is -2.04. The first-order valence-electron chi connectivity index (χ1n) is 5.05. The Morgan fingerprint density at radius 3 is 2.88 bits per heavy atom. The largest absolute Gasteiger partial charge is 0.496 e. The van der Waals surface area contributed by atoms with Crippen LogP contribution in [0.5, 0.6) is 5.75 Å². The van der Waals surface area contributed by atoms with Crippen LogP contribution >= 0.6 is 11.3 Å². The van der Waals surface area contributed by atoms with Crippen molar-refractivity contribution in [2.24, 2.45) is 4.99 Å². The third kappa shape index (κ3) is 2.70. The van der Waals surface area contributed by atoms with E-state index in [1.54, 1.807) is 18.4 Å². The lowest BCUT2D eigenvalue weighted by Crippen LogP contribution is -1.90. The minimum atomic E-state index is 0.655. The van der Waals surface area contributed by atoms with E-state index in [1.165, 1.54) is 4.88 Å². The summed E-state index contributed by atoms with van der Waals surface area (Å²) in [5.74, 6) is 0.894. The molecular weight excluding hydrogens is 218 g/mol. The van der Waals surface area contributed by atoms with Gasteiger partial charge in [-0.2, -0.15) is 0 Å². The third-order valence-electron chi connectivity index (χ3n) is 2.22. The fourth-order valence-corrected chi connectivity index (χ4v) is 2.04. The van der Waals surface area contributed by atoms with Crippen LogP contribution in [0.1, 0.15) is 10.4 Å². The summed E-state index contributed by atoms with van der Waals surface area (Å²) in [6, 6.07) is 12.0. The summed E-state index contributed by atoms with van der Waals surface area (Å²) in [6.45, 7) is 0.655. The van der Waals surface area contributed by atoms with Gasteiger partial charge in [0.15, 0.2) is 0 Å². The van der Waals surface area contributed by atoms with Crippen molar-refractivity contribution in [1.82, 2.24) is 0 Å². The van der Waals surface area contributed by atoms with Crippen molar-refractivity contribution in [3.63, 3.8) is 0 Å². The zero-order chi connectivity index (χ0) is 11.2. The van der Waals surface area contributed by atoms with Gasteiger partial charge in [0.2, 0.25) is 0 Å². The number of nitrogens with zero attached hydrogens (tertiary/aromatic N) is 1. The maximum atomic E-state index is 5.26. The highest BCUT2D eigenvalue weighted by Gasteiger charge is 1.98. The lowest BCUT2D eigenvalue weighted by atomic mass is 10.2. The molecule has 82 valence electrons. The van der Waals surface area contributed by atoms with Crippen LogP contribution in [-0.2, 0) is 6.54 Å². The summed E-state index contributed by atoms with van der Waals surface area (Å²) < 4.78 is 5.26. The minimum absolute atomic E-state index is 0.655. The first kappa shape index (κ1) is 10.9. The third-order valence-corrected chi connectivity index (χ3v) is 3.02. The standard InChI is InChI=1S/C13H13NOS/c1-15-13-7-3-2-5-11(13)9-14-10-12-6-4-8-16-12/h2-8,10H,9H2,1H3/b14-10-. The van der Waals surface area contributed by atoms with E-state index in [4.69, 9.17) is 4.74 Å². The Morgan fingerprint density at radius 2 is 2.12 bits per heavy atom. The Bertz CT molecular complexity index is 463. The van der Waals surface area contributed by atoms with Crippen LogP contribution in [0, 0.1) is 0 Å². The van der Waals surface area contributed by atoms with Gasteiger partial charge in [0.25, 0.3) is 0 Å². The van der Waals surface area contributed by atoms with Crippen LogP contribution in [0.2, 0.25) is 0 Å². The highest BCUT2D eigenvalue weighted by molar-refractivity contribution is 7.11. The van der Waals surface area contributed by atoms with Crippen LogP contribution in [0.25, 0.3) is 0 Å². The number of rotatable bonds is 4. The fraction of sp³-hybridized carbons (Fsp3) is 0.154. The predicted molar refractivity (Wildman–Crippen MR) is 68.6 cm³/mol. The molecule has 2 aromatic rings. The molecule has 0 aliphatic rings. The molecule has 0 atom stereocenters. The number of hydrogen-bond acceptors (Lipinski definition) is 3. The minimum Gasteiger partial charge on any atom is -0.496 e. The fourth-order valence-electron chi connectivity index (χ4n) is 1.43. The molecule has 0 N–H and O–H groups in total. The van der Waals surface area contributed by atoms with E-state index in [0.717, 1.165) is 11.3 Å². The van der Waals surface area contributed by atoms with Gasteiger partial charge in [-0.25, -0.2) is 0 Å². The smallest absolute Gasteiger partial charge is 0.123 e. The molecule has 1 aromatic heterocycles. The number of hydrogen-bond donors (Lipinski definition) is 0. The topological polar surface area (TPSA) is 21.6 Å². The molecule has 3 heteroatoms. The summed E-state index contributed by atoms with van der Waals surface area (Å²) >= 11 is 1.69. The summed E-state index contributed by atoms with van der Waals surface area (Å²) in [5, 5.41) is 2.05. The van der Waals surface area contributed by atoms with Gasteiger partial charge in [0.1, 0.15) is 5.75 Å². The Balaban J connectivity index is 2.04. The summed E-state index contributed by atoms with van der Waals surface area (Å²) in [4.78, 5) is 5.57. The van der Waals surface area contributed by atoms with Gasteiger partial charge in [0, 0.05) is 16.7 Å². The first-order valence-corrected chi connectivity index (χ1v) is 5.93. The van der Waals surface area contributed by atoms with E-state index >= 15 is 0 Å². The lowest BCUT2D eigenvalue weighted by molar-refractivity contribution is 0.410. The van der Waals surface area contributed by atoms with Gasteiger partial charge < -0.3 is 4.74 Å². The second kappa shape index (κ2) is 5.47. The second-order valence-electron chi connectivity index (χ2n) is 3.30. The van der Waals surface area contributed by atoms with Crippen molar-refractivity contribution >= 4 is 17.6 Å². The Morgan fingerprint density at radius 1 is 1.25 bits per heavy atom. The number of ether oxygens (including phenoxy) is 1. The van der Waals surface area contributed by atoms with E-state index in [1.807, 2.05) is 41.9 Å². The molecule has 16 heavy (non-hydrogen) atoms. The molecule has 0 aliphatic heterocycles. The van der Waals surface area contributed by atoms with E-state index in [9.17, 15) is 0 Å². The molecule has 0 spiro atoms. The second-order valence-corrected chi connectivity index (χ2v) is 4.28.